The normalized spacial score (nSPS) is 20.7. The Kier molecular flexibility index (Phi) is 21.9. The van der Waals surface area contributed by atoms with Crippen molar-refractivity contribution in [1.82, 2.24) is 0 Å². The zero-order valence-electron chi connectivity index (χ0n) is 19.7. The van der Waals surface area contributed by atoms with E-state index in [4.69, 9.17) is 25.2 Å². The molecule has 31 heavy (non-hydrogen) atoms. The summed E-state index contributed by atoms with van der Waals surface area (Å²) in [5.41, 5.74) is 0. The van der Waals surface area contributed by atoms with E-state index >= 15 is 0 Å². The Hall–Kier alpha value is -0.730. The molecule has 1 heterocycles. The van der Waals surface area contributed by atoms with Crippen LogP contribution in [0.4, 0.5) is 0 Å². The quantitative estimate of drug-likeness (QED) is 0.197. The number of carbonyl (C=O) groups excluding carboxylic acids is 1. The van der Waals surface area contributed by atoms with Gasteiger partial charge >= 0.3 is 5.97 Å². The van der Waals surface area contributed by atoms with Crippen LogP contribution in [0.5, 0.6) is 0 Å². The van der Waals surface area contributed by atoms with Crippen LogP contribution in [0.1, 0.15) is 110 Å². The van der Waals surface area contributed by atoms with Gasteiger partial charge in [-0.15, -0.1) is 0 Å². The molecule has 1 fully saturated rings. The maximum Gasteiger partial charge on any atom is 0.305 e. The number of aliphatic hydroxyl groups is 4. The van der Waals surface area contributed by atoms with Gasteiger partial charge in [0.15, 0.2) is 6.29 Å². The van der Waals surface area contributed by atoms with Crippen LogP contribution >= 0.6 is 0 Å². The Morgan fingerprint density at radius 3 is 1.74 bits per heavy atom. The zero-order valence-corrected chi connectivity index (χ0v) is 19.7. The van der Waals surface area contributed by atoms with E-state index in [1.165, 1.54) is 77.0 Å². The molecule has 0 amide bonds. The van der Waals surface area contributed by atoms with E-state index in [-0.39, 0.29) is 19.2 Å². The summed E-state index contributed by atoms with van der Waals surface area (Å²) in [4.78, 5) is 11.2. The summed E-state index contributed by atoms with van der Waals surface area (Å²) in [5, 5.41) is 34.9. The van der Waals surface area contributed by atoms with Gasteiger partial charge in [-0.25, -0.2) is 0 Å². The van der Waals surface area contributed by atoms with Crippen molar-refractivity contribution in [1.29, 1.82) is 0 Å². The molecule has 1 aliphatic heterocycles. The molecule has 4 N–H and O–H groups in total. The second-order valence-electron chi connectivity index (χ2n) is 8.40. The van der Waals surface area contributed by atoms with Gasteiger partial charge in [-0.2, -0.15) is 0 Å². The van der Waals surface area contributed by atoms with Crippen molar-refractivity contribution in [2.24, 2.45) is 0 Å². The number of hydrogen-bond donors (Lipinski definition) is 4. The molecule has 1 aliphatic rings. The van der Waals surface area contributed by atoms with Crippen LogP contribution in [0.3, 0.4) is 0 Å². The molecule has 0 aromatic heterocycles. The maximum atomic E-state index is 11.2. The van der Waals surface area contributed by atoms with Crippen molar-refractivity contribution in [3.05, 3.63) is 0 Å². The number of rotatable bonds is 17. The molecule has 0 aromatic carbocycles. The monoisotopic (exact) mass is 448 g/mol. The summed E-state index contributed by atoms with van der Waals surface area (Å²) in [7, 11) is 0. The van der Waals surface area contributed by atoms with E-state index in [1.54, 1.807) is 0 Å². The molecule has 1 rings (SSSR count). The van der Waals surface area contributed by atoms with Crippen LogP contribution in [0.15, 0.2) is 0 Å². The van der Waals surface area contributed by atoms with Crippen LogP contribution in [0, 0.1) is 0 Å². The van der Waals surface area contributed by atoms with Gasteiger partial charge in [-0.05, 0) is 12.8 Å². The molecular formula is C24H48O7. The van der Waals surface area contributed by atoms with Gasteiger partial charge in [0, 0.05) is 6.42 Å². The highest BCUT2D eigenvalue weighted by Crippen LogP contribution is 2.13. The highest BCUT2D eigenvalue weighted by Gasteiger charge is 2.29. The maximum absolute atomic E-state index is 11.2. The summed E-state index contributed by atoms with van der Waals surface area (Å²) in [6.07, 6.45) is 16.2. The minimum Gasteiger partial charge on any atom is -0.463 e. The molecule has 0 spiro atoms. The lowest BCUT2D eigenvalue weighted by Crippen LogP contribution is -2.44. The van der Waals surface area contributed by atoms with Crippen molar-refractivity contribution < 1.29 is 34.7 Å². The Labute approximate surface area is 189 Å². The Bertz CT molecular complexity index is 382. The minimum atomic E-state index is -1.21. The van der Waals surface area contributed by atoms with E-state index < -0.39 is 18.5 Å². The van der Waals surface area contributed by atoms with Crippen molar-refractivity contribution in [3.63, 3.8) is 0 Å². The van der Waals surface area contributed by atoms with E-state index in [2.05, 4.69) is 11.7 Å². The molecule has 7 heteroatoms. The van der Waals surface area contributed by atoms with Gasteiger partial charge in [0.05, 0.1) is 19.3 Å². The third-order valence-corrected chi connectivity index (χ3v) is 5.48. The largest absolute Gasteiger partial charge is 0.463 e. The summed E-state index contributed by atoms with van der Waals surface area (Å²) in [5.74, 6) is -0.173. The number of esters is 1. The molecular weight excluding hydrogens is 400 g/mol. The average molecular weight is 449 g/mol. The molecule has 7 nitrogen and oxygen atoms in total. The fraction of sp³-hybridized carbons (Fsp3) is 0.958. The topological polar surface area (TPSA) is 116 Å². The van der Waals surface area contributed by atoms with Crippen molar-refractivity contribution in [3.8, 4) is 0 Å². The van der Waals surface area contributed by atoms with Crippen LogP contribution in [0.25, 0.3) is 0 Å². The lowest BCUT2D eigenvalue weighted by molar-refractivity contribution is -0.219. The van der Waals surface area contributed by atoms with Gasteiger partial charge in [0.1, 0.15) is 12.7 Å². The number of carbonyl (C=O) groups is 1. The lowest BCUT2D eigenvalue weighted by atomic mass is 10.0. The molecule has 186 valence electrons. The smallest absolute Gasteiger partial charge is 0.305 e. The van der Waals surface area contributed by atoms with Crippen LogP contribution in [-0.4, -0.2) is 64.7 Å². The standard InChI is InChI=1S/C19H38O3.C5H10O4/c1-2-3-4-5-6-7-8-9-10-11-12-13-14-15-16-19(21)22-18-17-20;6-3-1-2-9-5(8)4(3)7/h20H,2-18H2,1H3;3-8H,1-2H2. The molecule has 0 aliphatic carbocycles. The van der Waals surface area contributed by atoms with Crippen LogP contribution in [0.2, 0.25) is 0 Å². The average Bonchev–Trinajstić information content (AvgIpc) is 2.76. The molecule has 3 unspecified atom stereocenters. The summed E-state index contributed by atoms with van der Waals surface area (Å²) in [6, 6.07) is 0. The number of hydrogen-bond acceptors (Lipinski definition) is 7. The van der Waals surface area contributed by atoms with Gasteiger partial charge in [0.25, 0.3) is 0 Å². The first-order valence-corrected chi connectivity index (χ1v) is 12.4. The first-order chi connectivity index (χ1) is 15.0. The zero-order chi connectivity index (χ0) is 23.2. The minimum absolute atomic E-state index is 0.0789. The van der Waals surface area contributed by atoms with Gasteiger partial charge in [-0.1, -0.05) is 90.4 Å². The summed E-state index contributed by atoms with van der Waals surface area (Å²) < 4.78 is 9.42. The van der Waals surface area contributed by atoms with Crippen LogP contribution < -0.4 is 0 Å². The second kappa shape index (κ2) is 22.5. The van der Waals surface area contributed by atoms with E-state index in [1.807, 2.05) is 0 Å². The molecule has 1 saturated heterocycles. The number of ether oxygens (including phenoxy) is 2. The van der Waals surface area contributed by atoms with Gasteiger partial charge in [0.2, 0.25) is 0 Å². The predicted molar refractivity (Wildman–Crippen MR) is 122 cm³/mol. The van der Waals surface area contributed by atoms with E-state index in [0.29, 0.717) is 19.4 Å². The molecule has 0 radical (unpaired) electrons. The van der Waals surface area contributed by atoms with Crippen molar-refractivity contribution in [2.45, 2.75) is 128 Å². The molecule has 0 aromatic rings. The van der Waals surface area contributed by atoms with E-state index in [0.717, 1.165) is 12.8 Å². The fourth-order valence-electron chi connectivity index (χ4n) is 3.46. The molecule has 3 atom stereocenters. The highest BCUT2D eigenvalue weighted by molar-refractivity contribution is 5.69. The number of unbranched alkanes of at least 4 members (excludes halogenated alkanes) is 13. The Morgan fingerprint density at radius 2 is 1.32 bits per heavy atom. The Morgan fingerprint density at radius 1 is 0.839 bits per heavy atom. The number of aliphatic hydroxyl groups excluding tert-OH is 4. The molecule has 0 saturated carbocycles. The highest BCUT2D eigenvalue weighted by atomic mass is 16.6. The van der Waals surface area contributed by atoms with Crippen molar-refractivity contribution >= 4 is 5.97 Å². The van der Waals surface area contributed by atoms with Crippen LogP contribution in [-0.2, 0) is 14.3 Å². The first-order valence-electron chi connectivity index (χ1n) is 12.4. The second-order valence-corrected chi connectivity index (χ2v) is 8.40. The Balaban J connectivity index is 0.000000823. The van der Waals surface area contributed by atoms with E-state index in [9.17, 15) is 4.79 Å². The summed E-state index contributed by atoms with van der Waals surface area (Å²) in [6.45, 7) is 2.63. The predicted octanol–water partition coefficient (Wildman–Crippen LogP) is 3.84. The summed E-state index contributed by atoms with van der Waals surface area (Å²) >= 11 is 0. The molecule has 0 bridgehead atoms. The third-order valence-electron chi connectivity index (χ3n) is 5.48. The van der Waals surface area contributed by atoms with Crippen molar-refractivity contribution in [2.75, 3.05) is 19.8 Å². The fourth-order valence-corrected chi connectivity index (χ4v) is 3.46. The van der Waals surface area contributed by atoms with Gasteiger partial charge in [-0.3, -0.25) is 4.79 Å². The lowest BCUT2D eigenvalue weighted by Gasteiger charge is -2.27. The third kappa shape index (κ3) is 19.7. The van der Waals surface area contributed by atoms with Gasteiger partial charge < -0.3 is 29.9 Å². The first kappa shape index (κ1) is 30.3. The SMILES string of the molecule is CCCCCCCCCCCCCCCCC(=O)OCCO.OC1CCOC(O)C1O.